The Morgan fingerprint density at radius 3 is 2.62 bits per heavy atom. The molecule has 6 nitrogen and oxygen atoms in total. The zero-order valence-corrected chi connectivity index (χ0v) is 9.84. The van der Waals surface area contributed by atoms with Gasteiger partial charge >= 0.3 is 0 Å². The fraction of sp³-hybridized carbons (Fsp3) is 0.125. The van der Waals surface area contributed by atoms with E-state index >= 15 is 0 Å². The molecule has 0 atom stereocenters. The number of amides is 1. The molecule has 0 aliphatic rings. The van der Waals surface area contributed by atoms with Gasteiger partial charge in [0.2, 0.25) is 0 Å². The highest BCUT2D eigenvalue weighted by Gasteiger charge is 2.18. The molecule has 2 heterocycles. The van der Waals surface area contributed by atoms with Crippen LogP contribution in [-0.4, -0.2) is 27.1 Å². The second kappa shape index (κ2) is 3.80. The van der Waals surface area contributed by atoms with Gasteiger partial charge in [0.05, 0.1) is 16.0 Å². The van der Waals surface area contributed by atoms with E-state index in [-0.39, 0.29) is 15.7 Å². The SMILES string of the molecule is CSc1[nH]c2[nH]c(=S)[nH]c(=O)c2c1C(N)=O. The summed E-state index contributed by atoms with van der Waals surface area (Å²) in [5.41, 5.74) is 5.41. The molecule has 0 aliphatic heterocycles. The Kier molecular flexibility index (Phi) is 2.60. The largest absolute Gasteiger partial charge is 0.365 e. The monoisotopic (exact) mass is 256 g/mol. The van der Waals surface area contributed by atoms with E-state index in [4.69, 9.17) is 18.0 Å². The molecule has 0 aromatic carbocycles. The summed E-state index contributed by atoms with van der Waals surface area (Å²) >= 11 is 6.13. The number of fused-ring (bicyclic) bond motifs is 1. The Labute approximate surface area is 98.6 Å². The van der Waals surface area contributed by atoms with Crippen LogP contribution in [0.5, 0.6) is 0 Å². The number of carbonyl (C=O) groups is 1. The van der Waals surface area contributed by atoms with Crippen molar-refractivity contribution in [2.75, 3.05) is 6.26 Å². The molecular formula is C8H8N4O2S2. The summed E-state index contributed by atoms with van der Waals surface area (Å²) < 4.78 is 0.197. The number of rotatable bonds is 2. The number of primary amides is 1. The van der Waals surface area contributed by atoms with Gasteiger partial charge < -0.3 is 15.7 Å². The van der Waals surface area contributed by atoms with E-state index in [1.165, 1.54) is 11.8 Å². The molecule has 2 aromatic heterocycles. The highest BCUT2D eigenvalue weighted by Crippen LogP contribution is 2.24. The van der Waals surface area contributed by atoms with E-state index in [2.05, 4.69) is 15.0 Å². The van der Waals surface area contributed by atoms with E-state index in [1.807, 2.05) is 0 Å². The van der Waals surface area contributed by atoms with Gasteiger partial charge in [-0.2, -0.15) is 0 Å². The van der Waals surface area contributed by atoms with Gasteiger partial charge in [-0.15, -0.1) is 11.8 Å². The summed E-state index contributed by atoms with van der Waals surface area (Å²) in [4.78, 5) is 31.0. The lowest BCUT2D eigenvalue weighted by atomic mass is 10.2. The maximum absolute atomic E-state index is 11.7. The van der Waals surface area contributed by atoms with Gasteiger partial charge in [0.25, 0.3) is 11.5 Å². The molecule has 0 fully saturated rings. The number of H-pyrrole nitrogens is 3. The number of carbonyl (C=O) groups excluding carboxylic acids is 1. The van der Waals surface area contributed by atoms with Crippen LogP contribution in [0.2, 0.25) is 0 Å². The normalized spacial score (nSPS) is 10.8. The molecule has 0 saturated heterocycles. The van der Waals surface area contributed by atoms with Crippen LogP contribution in [0.1, 0.15) is 10.4 Å². The van der Waals surface area contributed by atoms with Crippen LogP contribution < -0.4 is 11.3 Å². The lowest BCUT2D eigenvalue weighted by molar-refractivity contribution is 0.0999. The van der Waals surface area contributed by atoms with Crippen molar-refractivity contribution in [3.63, 3.8) is 0 Å². The molecule has 0 aliphatic carbocycles. The van der Waals surface area contributed by atoms with Gasteiger partial charge in [-0.3, -0.25) is 14.6 Å². The van der Waals surface area contributed by atoms with E-state index in [9.17, 15) is 9.59 Å². The van der Waals surface area contributed by atoms with Crippen molar-refractivity contribution in [3.8, 4) is 0 Å². The number of thioether (sulfide) groups is 1. The second-order valence-electron chi connectivity index (χ2n) is 3.06. The van der Waals surface area contributed by atoms with Crippen LogP contribution in [-0.2, 0) is 0 Å². The van der Waals surface area contributed by atoms with E-state index in [0.29, 0.717) is 10.7 Å². The fourth-order valence-corrected chi connectivity index (χ4v) is 2.30. The minimum Gasteiger partial charge on any atom is -0.365 e. The van der Waals surface area contributed by atoms with Crippen LogP contribution >= 0.6 is 24.0 Å². The average molecular weight is 256 g/mol. The minimum atomic E-state index is -0.647. The molecule has 5 N–H and O–H groups in total. The van der Waals surface area contributed by atoms with Gasteiger partial charge in [0, 0.05) is 0 Å². The van der Waals surface area contributed by atoms with Crippen LogP contribution in [0.4, 0.5) is 0 Å². The van der Waals surface area contributed by atoms with Crippen LogP contribution in [0.15, 0.2) is 9.82 Å². The Bertz CT molecular complexity index is 681. The first-order valence-corrected chi connectivity index (χ1v) is 5.90. The molecule has 0 bridgehead atoms. The Morgan fingerprint density at radius 2 is 2.06 bits per heavy atom. The first-order valence-electron chi connectivity index (χ1n) is 4.26. The molecule has 1 amide bonds. The van der Waals surface area contributed by atoms with Crippen LogP contribution in [0.25, 0.3) is 11.0 Å². The summed E-state index contributed by atoms with van der Waals surface area (Å²) in [5.74, 6) is -0.647. The third-order valence-corrected chi connectivity index (χ3v) is 3.03. The summed E-state index contributed by atoms with van der Waals surface area (Å²) in [6.45, 7) is 0. The molecule has 0 unspecified atom stereocenters. The first-order chi connectivity index (χ1) is 7.54. The topological polar surface area (TPSA) is 108 Å². The van der Waals surface area contributed by atoms with E-state index in [0.717, 1.165) is 0 Å². The van der Waals surface area contributed by atoms with Crippen molar-refractivity contribution in [2.45, 2.75) is 5.03 Å². The standard InChI is InChI=1S/C8H8N4O2S2/c1-16-7-2(4(9)13)3-5(10-7)11-8(15)12-6(3)14/h1H3,(H2,9,13)(H3,10,11,12,14,15). The van der Waals surface area contributed by atoms with E-state index in [1.54, 1.807) is 6.26 Å². The third-order valence-electron chi connectivity index (χ3n) is 2.11. The van der Waals surface area contributed by atoms with Crippen LogP contribution in [0.3, 0.4) is 0 Å². The number of hydrogen-bond acceptors (Lipinski definition) is 4. The molecule has 0 saturated carbocycles. The molecule has 8 heteroatoms. The summed E-state index contributed by atoms with van der Waals surface area (Å²) in [6.07, 6.45) is 1.78. The van der Waals surface area contributed by atoms with Crippen molar-refractivity contribution >= 4 is 40.9 Å². The number of hydrogen-bond donors (Lipinski definition) is 4. The third kappa shape index (κ3) is 1.55. The maximum Gasteiger partial charge on any atom is 0.262 e. The smallest absolute Gasteiger partial charge is 0.262 e. The van der Waals surface area contributed by atoms with Gasteiger partial charge in [-0.25, -0.2) is 0 Å². The molecule has 16 heavy (non-hydrogen) atoms. The number of nitrogens with one attached hydrogen (secondary N) is 3. The highest BCUT2D eigenvalue weighted by atomic mass is 32.2. The summed E-state index contributed by atoms with van der Waals surface area (Å²) in [5, 5.41) is 0.760. The van der Waals surface area contributed by atoms with Crippen molar-refractivity contribution in [1.29, 1.82) is 0 Å². The maximum atomic E-state index is 11.7. The van der Waals surface area contributed by atoms with Crippen LogP contribution in [0, 0.1) is 4.77 Å². The van der Waals surface area contributed by atoms with Crippen molar-refractivity contribution < 1.29 is 4.79 Å². The lowest BCUT2D eigenvalue weighted by Gasteiger charge is -1.94. The molecular weight excluding hydrogens is 248 g/mol. The van der Waals surface area contributed by atoms with E-state index < -0.39 is 11.5 Å². The summed E-state index contributed by atoms with van der Waals surface area (Å²) in [6, 6.07) is 0. The van der Waals surface area contributed by atoms with Gasteiger partial charge in [-0.05, 0) is 18.5 Å². The quantitative estimate of drug-likeness (QED) is 0.469. The highest BCUT2D eigenvalue weighted by molar-refractivity contribution is 7.98. The Balaban J connectivity index is 3.01. The number of aromatic amines is 3. The van der Waals surface area contributed by atoms with Gasteiger partial charge in [0.1, 0.15) is 5.65 Å². The minimum absolute atomic E-state index is 0.190. The average Bonchev–Trinajstić information content (AvgIpc) is 2.55. The Morgan fingerprint density at radius 1 is 1.38 bits per heavy atom. The first kappa shape index (κ1) is 11.0. The predicted molar refractivity (Wildman–Crippen MR) is 64.4 cm³/mol. The number of nitrogens with two attached hydrogens (primary N) is 1. The molecule has 0 radical (unpaired) electrons. The lowest BCUT2D eigenvalue weighted by Crippen LogP contribution is -2.16. The van der Waals surface area contributed by atoms with Crippen molar-refractivity contribution in [2.24, 2.45) is 5.73 Å². The summed E-state index contributed by atoms with van der Waals surface area (Å²) in [7, 11) is 0. The fourth-order valence-electron chi connectivity index (χ4n) is 1.50. The van der Waals surface area contributed by atoms with Crippen molar-refractivity contribution in [3.05, 3.63) is 20.7 Å². The Hall–Kier alpha value is -1.54. The predicted octanol–water partition coefficient (Wildman–Crippen LogP) is 0.735. The zero-order valence-electron chi connectivity index (χ0n) is 8.21. The molecule has 0 spiro atoms. The van der Waals surface area contributed by atoms with Crippen molar-refractivity contribution in [1.82, 2.24) is 15.0 Å². The molecule has 84 valence electrons. The number of aromatic nitrogens is 3. The molecule has 2 rings (SSSR count). The van der Waals surface area contributed by atoms with Gasteiger partial charge in [0.15, 0.2) is 4.77 Å². The van der Waals surface area contributed by atoms with Gasteiger partial charge in [-0.1, -0.05) is 0 Å². The second-order valence-corrected chi connectivity index (χ2v) is 4.28. The molecule has 2 aromatic rings. The zero-order chi connectivity index (χ0) is 11.9.